The monoisotopic (exact) mass is 616 g/mol. The van der Waals surface area contributed by atoms with Crippen LogP contribution in [0.25, 0.3) is 10.9 Å². The minimum atomic E-state index is -0.113. The highest BCUT2D eigenvalue weighted by molar-refractivity contribution is 5.92. The SMILES string of the molecule is COc1cc2c(N3CCN(C(=O)Nc4ccc(OC(C)C)cc4)CC3)ncnc2cc1OCCCN1CCCCC1.O.O.O. The number of rotatable bonds is 10. The maximum Gasteiger partial charge on any atom is 0.321 e. The van der Waals surface area contributed by atoms with Crippen LogP contribution in [0.4, 0.5) is 16.3 Å². The lowest BCUT2D eigenvalue weighted by Crippen LogP contribution is -2.50. The van der Waals surface area contributed by atoms with Crippen LogP contribution in [0, 0.1) is 0 Å². The second-order valence-corrected chi connectivity index (χ2v) is 10.9. The molecular weight excluding hydrogens is 568 g/mol. The molecule has 0 radical (unpaired) electrons. The summed E-state index contributed by atoms with van der Waals surface area (Å²) in [4.78, 5) is 28.6. The fourth-order valence-electron chi connectivity index (χ4n) is 5.44. The molecule has 2 saturated heterocycles. The van der Waals surface area contributed by atoms with Gasteiger partial charge in [-0.25, -0.2) is 14.8 Å². The first kappa shape index (κ1) is 36.3. The number of hydrogen-bond donors (Lipinski definition) is 1. The number of amides is 2. The Morgan fingerprint density at radius 3 is 2.27 bits per heavy atom. The maximum absolute atomic E-state index is 12.9. The van der Waals surface area contributed by atoms with E-state index in [9.17, 15) is 4.79 Å². The first-order chi connectivity index (χ1) is 20.0. The largest absolute Gasteiger partial charge is 0.493 e. The lowest BCUT2D eigenvalue weighted by Gasteiger charge is -2.35. The third-order valence-electron chi connectivity index (χ3n) is 7.57. The highest BCUT2D eigenvalue weighted by Gasteiger charge is 2.24. The molecule has 5 rings (SSSR count). The number of ether oxygens (including phenoxy) is 3. The number of likely N-dealkylation sites (tertiary alicyclic amines) is 1. The van der Waals surface area contributed by atoms with E-state index >= 15 is 0 Å². The van der Waals surface area contributed by atoms with E-state index in [0.717, 1.165) is 41.1 Å². The van der Waals surface area contributed by atoms with E-state index in [4.69, 9.17) is 14.2 Å². The molecule has 3 heterocycles. The number of carbonyl (C=O) groups is 1. The topological polar surface area (TPSA) is 187 Å². The van der Waals surface area contributed by atoms with Crippen LogP contribution in [-0.4, -0.2) is 108 Å². The Morgan fingerprint density at radius 2 is 1.61 bits per heavy atom. The number of nitrogens with one attached hydrogen (secondary N) is 1. The van der Waals surface area contributed by atoms with Gasteiger partial charge in [-0.3, -0.25) is 0 Å². The van der Waals surface area contributed by atoms with Crippen LogP contribution in [0.5, 0.6) is 17.2 Å². The van der Waals surface area contributed by atoms with E-state index < -0.39 is 0 Å². The van der Waals surface area contributed by atoms with Crippen molar-refractivity contribution in [1.29, 1.82) is 0 Å². The van der Waals surface area contributed by atoms with Gasteiger partial charge in [0.15, 0.2) is 11.5 Å². The molecule has 1 aromatic heterocycles. The van der Waals surface area contributed by atoms with Crippen molar-refractivity contribution in [3.05, 3.63) is 42.7 Å². The number of urea groups is 1. The van der Waals surface area contributed by atoms with E-state index in [1.807, 2.05) is 55.1 Å². The minimum absolute atomic E-state index is 0. The molecule has 0 atom stereocenters. The second kappa shape index (κ2) is 17.4. The number of fused-ring (bicyclic) bond motifs is 1. The Kier molecular flexibility index (Phi) is 14.3. The highest BCUT2D eigenvalue weighted by atomic mass is 16.5. The van der Waals surface area contributed by atoms with Gasteiger partial charge in [0, 0.05) is 49.9 Å². The minimum Gasteiger partial charge on any atom is -0.493 e. The summed E-state index contributed by atoms with van der Waals surface area (Å²) in [5.74, 6) is 3.00. The smallest absolute Gasteiger partial charge is 0.321 e. The van der Waals surface area contributed by atoms with Crippen molar-refractivity contribution >= 4 is 28.4 Å². The number of nitrogens with zero attached hydrogens (tertiary/aromatic N) is 5. The van der Waals surface area contributed by atoms with Crippen molar-refractivity contribution in [2.24, 2.45) is 0 Å². The normalized spacial score (nSPS) is 15.1. The van der Waals surface area contributed by atoms with Crippen LogP contribution in [0.3, 0.4) is 0 Å². The molecule has 2 aliphatic rings. The van der Waals surface area contributed by atoms with E-state index in [-0.39, 0.29) is 28.6 Å². The summed E-state index contributed by atoms with van der Waals surface area (Å²) in [6.45, 7) is 10.6. The molecule has 2 fully saturated rings. The number of piperazine rings is 1. The molecule has 0 bridgehead atoms. The number of anilines is 2. The summed E-state index contributed by atoms with van der Waals surface area (Å²) in [6, 6.07) is 11.3. The van der Waals surface area contributed by atoms with Crippen LogP contribution in [0.1, 0.15) is 39.5 Å². The molecule has 0 saturated carbocycles. The van der Waals surface area contributed by atoms with Gasteiger partial charge in [0.05, 0.1) is 25.3 Å². The fraction of sp³-hybridized carbons (Fsp3) is 0.516. The predicted octanol–water partition coefficient (Wildman–Crippen LogP) is 2.56. The molecule has 0 unspecified atom stereocenters. The molecule has 244 valence electrons. The molecule has 2 aromatic carbocycles. The molecule has 7 N–H and O–H groups in total. The van der Waals surface area contributed by atoms with Gasteiger partial charge in [-0.15, -0.1) is 0 Å². The average Bonchev–Trinajstić information content (AvgIpc) is 3.00. The van der Waals surface area contributed by atoms with Gasteiger partial charge in [0.1, 0.15) is 17.9 Å². The van der Waals surface area contributed by atoms with Gasteiger partial charge in [0.25, 0.3) is 0 Å². The summed E-state index contributed by atoms with van der Waals surface area (Å²) < 4.78 is 17.5. The molecule has 0 spiro atoms. The van der Waals surface area contributed by atoms with Crippen LogP contribution in [-0.2, 0) is 0 Å². The molecule has 13 nitrogen and oxygen atoms in total. The molecule has 3 aromatic rings. The number of benzene rings is 2. The van der Waals surface area contributed by atoms with Crippen molar-refractivity contribution in [2.45, 2.75) is 45.6 Å². The van der Waals surface area contributed by atoms with E-state index in [2.05, 4.69) is 25.1 Å². The van der Waals surface area contributed by atoms with Gasteiger partial charge >= 0.3 is 6.03 Å². The predicted molar refractivity (Wildman–Crippen MR) is 172 cm³/mol. The van der Waals surface area contributed by atoms with Crippen molar-refractivity contribution in [3.63, 3.8) is 0 Å². The zero-order valence-corrected chi connectivity index (χ0v) is 26.0. The summed E-state index contributed by atoms with van der Waals surface area (Å²) in [7, 11) is 1.66. The molecule has 2 amide bonds. The van der Waals surface area contributed by atoms with Gasteiger partial charge in [-0.2, -0.15) is 0 Å². The van der Waals surface area contributed by atoms with Crippen molar-refractivity contribution in [1.82, 2.24) is 19.8 Å². The molecule has 0 aliphatic carbocycles. The van der Waals surface area contributed by atoms with Crippen LogP contribution in [0.15, 0.2) is 42.7 Å². The number of piperidine rings is 1. The zero-order valence-electron chi connectivity index (χ0n) is 26.0. The van der Waals surface area contributed by atoms with Crippen LogP contribution < -0.4 is 24.4 Å². The maximum atomic E-state index is 12.9. The van der Waals surface area contributed by atoms with Gasteiger partial charge in [-0.1, -0.05) is 6.42 Å². The van der Waals surface area contributed by atoms with Crippen LogP contribution >= 0.6 is 0 Å². The average molecular weight is 617 g/mol. The van der Waals surface area contributed by atoms with Gasteiger partial charge in [-0.05, 0) is 76.5 Å². The first-order valence-corrected chi connectivity index (χ1v) is 14.8. The molecular formula is C31H48N6O7. The molecule has 2 aliphatic heterocycles. The summed E-state index contributed by atoms with van der Waals surface area (Å²) in [5, 5.41) is 3.90. The third-order valence-corrected chi connectivity index (χ3v) is 7.57. The number of carbonyl (C=O) groups excluding carboxylic acids is 1. The van der Waals surface area contributed by atoms with Crippen molar-refractivity contribution < 1.29 is 35.4 Å². The van der Waals surface area contributed by atoms with Crippen molar-refractivity contribution in [3.8, 4) is 17.2 Å². The standard InChI is InChI=1S/C31H42N6O4.3H2O/c1-23(2)41-25-10-8-24(9-11-25)34-31(38)37-17-15-36(16-18-37)30-26-20-28(39-3)29(21-27(26)32-22-33-30)40-19-7-14-35-12-5-4-6-13-35;;;/h8-11,20-23H,4-7,12-19H2,1-3H3,(H,34,38);3*1H2. The Labute approximate surface area is 259 Å². The van der Waals surface area contributed by atoms with Crippen LogP contribution in [0.2, 0.25) is 0 Å². The number of methoxy groups -OCH3 is 1. The summed E-state index contributed by atoms with van der Waals surface area (Å²) >= 11 is 0. The lowest BCUT2D eigenvalue weighted by molar-refractivity contribution is 0.203. The quantitative estimate of drug-likeness (QED) is 0.337. The fourth-order valence-corrected chi connectivity index (χ4v) is 5.44. The van der Waals surface area contributed by atoms with E-state index in [1.54, 1.807) is 13.4 Å². The summed E-state index contributed by atoms with van der Waals surface area (Å²) in [6.07, 6.45) is 6.62. The second-order valence-electron chi connectivity index (χ2n) is 10.9. The lowest BCUT2D eigenvalue weighted by atomic mass is 10.1. The Hall–Kier alpha value is -3.91. The number of hydrogen-bond acceptors (Lipinski definition) is 8. The van der Waals surface area contributed by atoms with Crippen molar-refractivity contribution in [2.75, 3.05) is 69.7 Å². The molecule has 44 heavy (non-hydrogen) atoms. The number of aromatic nitrogens is 2. The van der Waals surface area contributed by atoms with Gasteiger partial charge < -0.3 is 50.7 Å². The Bertz CT molecular complexity index is 1300. The zero-order chi connectivity index (χ0) is 28.6. The third kappa shape index (κ3) is 9.29. The summed E-state index contributed by atoms with van der Waals surface area (Å²) in [5.41, 5.74) is 1.55. The Morgan fingerprint density at radius 1 is 0.909 bits per heavy atom. The molecule has 13 heteroatoms. The Balaban J connectivity index is 0.00000225. The first-order valence-electron chi connectivity index (χ1n) is 14.8. The van der Waals surface area contributed by atoms with E-state index in [0.29, 0.717) is 44.3 Å². The van der Waals surface area contributed by atoms with E-state index in [1.165, 1.54) is 32.4 Å². The van der Waals surface area contributed by atoms with Gasteiger partial charge in [0.2, 0.25) is 0 Å². The highest BCUT2D eigenvalue weighted by Crippen LogP contribution is 2.35.